The van der Waals surface area contributed by atoms with Crippen molar-refractivity contribution >= 4 is 17.7 Å². The standard InChI is InChI=1S/C20H21N5OS/c1-24(18-13-7-9-15-8-5-6-12-17(15)18)19(26)14-27-20-21-22-23-25(20)16-10-3-2-4-11-16/h2-6,8,10-12,18H,7,9,13-14H2,1H3. The van der Waals surface area contributed by atoms with E-state index in [1.807, 2.05) is 42.3 Å². The summed E-state index contributed by atoms with van der Waals surface area (Å²) >= 11 is 1.37. The van der Waals surface area contributed by atoms with Crippen LogP contribution in [0, 0.1) is 0 Å². The van der Waals surface area contributed by atoms with Gasteiger partial charge in [0, 0.05) is 7.05 Å². The second-order valence-corrected chi connectivity index (χ2v) is 7.55. The van der Waals surface area contributed by atoms with Crippen molar-refractivity contribution in [3.8, 4) is 5.69 Å². The molecule has 0 aliphatic heterocycles. The molecular formula is C20H21N5OS. The lowest BCUT2D eigenvalue weighted by molar-refractivity contribution is -0.129. The maximum absolute atomic E-state index is 12.8. The third-order valence-electron chi connectivity index (χ3n) is 4.97. The first kappa shape index (κ1) is 17.7. The van der Waals surface area contributed by atoms with Gasteiger partial charge in [0.05, 0.1) is 17.5 Å². The molecule has 6 nitrogen and oxygen atoms in total. The van der Waals surface area contributed by atoms with Crippen LogP contribution >= 0.6 is 11.8 Å². The van der Waals surface area contributed by atoms with Crippen LogP contribution in [-0.4, -0.2) is 43.8 Å². The van der Waals surface area contributed by atoms with Gasteiger partial charge in [0.2, 0.25) is 11.1 Å². The number of aromatic nitrogens is 4. The minimum Gasteiger partial charge on any atom is -0.338 e. The Morgan fingerprint density at radius 1 is 1.19 bits per heavy atom. The largest absolute Gasteiger partial charge is 0.338 e. The van der Waals surface area contributed by atoms with E-state index in [0.717, 1.165) is 24.9 Å². The number of para-hydroxylation sites is 1. The molecule has 0 saturated carbocycles. The van der Waals surface area contributed by atoms with E-state index in [4.69, 9.17) is 0 Å². The Bertz CT molecular complexity index is 927. The summed E-state index contributed by atoms with van der Waals surface area (Å²) in [7, 11) is 1.90. The van der Waals surface area contributed by atoms with Gasteiger partial charge in [0.25, 0.3) is 0 Å². The fraction of sp³-hybridized carbons (Fsp3) is 0.300. The Balaban J connectivity index is 1.45. The van der Waals surface area contributed by atoms with E-state index in [0.29, 0.717) is 10.9 Å². The Morgan fingerprint density at radius 2 is 1.96 bits per heavy atom. The first-order valence-electron chi connectivity index (χ1n) is 9.04. The van der Waals surface area contributed by atoms with Crippen molar-refractivity contribution in [3.63, 3.8) is 0 Å². The zero-order valence-electron chi connectivity index (χ0n) is 15.2. The zero-order chi connectivity index (χ0) is 18.6. The number of hydrogen-bond donors (Lipinski definition) is 0. The van der Waals surface area contributed by atoms with E-state index < -0.39 is 0 Å². The Kier molecular flexibility index (Phi) is 5.20. The van der Waals surface area contributed by atoms with Crippen LogP contribution in [0.4, 0.5) is 0 Å². The lowest BCUT2D eigenvalue weighted by atomic mass is 9.87. The fourth-order valence-electron chi connectivity index (χ4n) is 3.53. The minimum absolute atomic E-state index is 0.0873. The van der Waals surface area contributed by atoms with E-state index in [-0.39, 0.29) is 11.9 Å². The van der Waals surface area contributed by atoms with E-state index in [2.05, 4.69) is 39.8 Å². The monoisotopic (exact) mass is 379 g/mol. The Hall–Kier alpha value is -2.67. The number of aryl methyl sites for hydroxylation is 1. The quantitative estimate of drug-likeness (QED) is 0.637. The minimum atomic E-state index is 0.0873. The maximum Gasteiger partial charge on any atom is 0.233 e. The molecule has 1 aromatic heterocycles. The first-order chi connectivity index (χ1) is 13.2. The summed E-state index contributed by atoms with van der Waals surface area (Å²) in [6.07, 6.45) is 3.21. The second-order valence-electron chi connectivity index (χ2n) is 6.61. The molecule has 1 unspecified atom stereocenters. The van der Waals surface area contributed by atoms with E-state index in [1.165, 1.54) is 22.9 Å². The summed E-state index contributed by atoms with van der Waals surface area (Å²) in [5.74, 6) is 0.395. The van der Waals surface area contributed by atoms with Gasteiger partial charge in [-0.15, -0.1) is 5.10 Å². The average molecular weight is 379 g/mol. The summed E-state index contributed by atoms with van der Waals surface area (Å²) in [6.45, 7) is 0. The highest BCUT2D eigenvalue weighted by atomic mass is 32.2. The molecule has 138 valence electrons. The van der Waals surface area contributed by atoms with Gasteiger partial charge in [-0.25, -0.2) is 0 Å². The van der Waals surface area contributed by atoms with Crippen LogP contribution in [0.3, 0.4) is 0 Å². The molecule has 1 aliphatic rings. The van der Waals surface area contributed by atoms with E-state index >= 15 is 0 Å². The van der Waals surface area contributed by atoms with Gasteiger partial charge in [-0.3, -0.25) is 4.79 Å². The third kappa shape index (κ3) is 3.73. The average Bonchev–Trinajstić information content (AvgIpc) is 3.20. The number of tetrazole rings is 1. The molecule has 2 aromatic carbocycles. The number of thioether (sulfide) groups is 1. The lowest BCUT2D eigenvalue weighted by Gasteiger charge is -2.33. The molecule has 1 aliphatic carbocycles. The molecule has 27 heavy (non-hydrogen) atoms. The van der Waals surface area contributed by atoms with Crippen molar-refractivity contribution in [2.24, 2.45) is 0 Å². The summed E-state index contributed by atoms with van der Waals surface area (Å²) < 4.78 is 1.66. The highest BCUT2D eigenvalue weighted by Gasteiger charge is 2.26. The fourth-order valence-corrected chi connectivity index (χ4v) is 4.35. The maximum atomic E-state index is 12.8. The molecule has 1 atom stereocenters. The van der Waals surface area contributed by atoms with Gasteiger partial charge in [0.1, 0.15) is 0 Å². The van der Waals surface area contributed by atoms with Crippen molar-refractivity contribution in [2.45, 2.75) is 30.5 Å². The lowest BCUT2D eigenvalue weighted by Crippen LogP contribution is -2.34. The normalized spacial score (nSPS) is 16.0. The molecule has 0 fully saturated rings. The highest BCUT2D eigenvalue weighted by molar-refractivity contribution is 7.99. The van der Waals surface area contributed by atoms with Gasteiger partial charge in [-0.05, 0) is 52.9 Å². The molecule has 1 amide bonds. The number of fused-ring (bicyclic) bond motifs is 1. The molecule has 7 heteroatoms. The van der Waals surface area contributed by atoms with Crippen molar-refractivity contribution < 1.29 is 4.79 Å². The summed E-state index contributed by atoms with van der Waals surface area (Å²) in [4.78, 5) is 14.7. The summed E-state index contributed by atoms with van der Waals surface area (Å²) in [6, 6.07) is 18.3. The molecular weight excluding hydrogens is 358 g/mol. The number of carbonyl (C=O) groups excluding carboxylic acids is 1. The van der Waals surface area contributed by atoms with Crippen LogP contribution < -0.4 is 0 Å². The summed E-state index contributed by atoms with van der Waals surface area (Å²) in [5.41, 5.74) is 3.51. The van der Waals surface area contributed by atoms with Gasteiger partial charge < -0.3 is 4.90 Å². The second kappa shape index (κ2) is 7.92. The zero-order valence-corrected chi connectivity index (χ0v) is 16.0. The molecule has 0 radical (unpaired) electrons. The van der Waals surface area contributed by atoms with Crippen LogP contribution in [0.15, 0.2) is 59.8 Å². The van der Waals surface area contributed by atoms with Crippen molar-refractivity contribution in [1.82, 2.24) is 25.1 Å². The highest BCUT2D eigenvalue weighted by Crippen LogP contribution is 2.34. The van der Waals surface area contributed by atoms with Crippen LogP contribution in [0.2, 0.25) is 0 Å². The molecule has 0 bridgehead atoms. The van der Waals surface area contributed by atoms with Crippen molar-refractivity contribution in [3.05, 3.63) is 65.7 Å². The van der Waals surface area contributed by atoms with Gasteiger partial charge in [0.15, 0.2) is 0 Å². The SMILES string of the molecule is CN(C(=O)CSc1nnnn1-c1ccccc1)C1CCCc2ccccc21. The summed E-state index contributed by atoms with van der Waals surface area (Å²) in [5, 5.41) is 12.5. The number of rotatable bonds is 5. The van der Waals surface area contributed by atoms with Gasteiger partial charge in [-0.1, -0.05) is 54.2 Å². The molecule has 0 saturated heterocycles. The molecule has 4 rings (SSSR count). The van der Waals surface area contributed by atoms with Crippen LogP contribution in [0.1, 0.15) is 30.0 Å². The molecule has 0 N–H and O–H groups in total. The molecule has 3 aromatic rings. The number of hydrogen-bond acceptors (Lipinski definition) is 5. The van der Waals surface area contributed by atoms with Crippen molar-refractivity contribution in [1.29, 1.82) is 0 Å². The Labute approximate surface area is 162 Å². The first-order valence-corrected chi connectivity index (χ1v) is 10.0. The molecule has 0 spiro atoms. The predicted octanol–water partition coefficient (Wildman–Crippen LogP) is 3.29. The smallest absolute Gasteiger partial charge is 0.233 e. The topological polar surface area (TPSA) is 63.9 Å². The number of carbonyl (C=O) groups is 1. The van der Waals surface area contributed by atoms with E-state index in [9.17, 15) is 4.79 Å². The van der Waals surface area contributed by atoms with Crippen LogP contribution in [-0.2, 0) is 11.2 Å². The predicted molar refractivity (Wildman–Crippen MR) is 105 cm³/mol. The van der Waals surface area contributed by atoms with Crippen molar-refractivity contribution in [2.75, 3.05) is 12.8 Å². The van der Waals surface area contributed by atoms with E-state index in [1.54, 1.807) is 4.68 Å². The number of amides is 1. The number of nitrogens with zero attached hydrogens (tertiary/aromatic N) is 5. The van der Waals surface area contributed by atoms with Crippen LogP contribution in [0.5, 0.6) is 0 Å². The van der Waals surface area contributed by atoms with Gasteiger partial charge in [-0.2, -0.15) is 4.68 Å². The van der Waals surface area contributed by atoms with Crippen LogP contribution in [0.25, 0.3) is 5.69 Å². The third-order valence-corrected chi connectivity index (χ3v) is 5.87. The Morgan fingerprint density at radius 3 is 2.81 bits per heavy atom. The number of benzene rings is 2. The van der Waals surface area contributed by atoms with Gasteiger partial charge >= 0.3 is 0 Å². The molecule has 1 heterocycles.